The van der Waals surface area contributed by atoms with Crippen LogP contribution in [0.4, 0.5) is 11.5 Å². The van der Waals surface area contributed by atoms with Crippen LogP contribution in [0.5, 0.6) is 6.01 Å². The zero-order chi connectivity index (χ0) is 41.4. The molecule has 3 aliphatic rings. The summed E-state index contributed by atoms with van der Waals surface area (Å²) in [5, 5.41) is 8.59. The molecule has 0 spiro atoms. The number of nitrogen functional groups attached to an aromatic ring is 1. The number of fused-ring (bicyclic) bond motifs is 1. The van der Waals surface area contributed by atoms with Crippen LogP contribution in [0.1, 0.15) is 145 Å². The number of allylic oxidation sites excluding steroid dienone is 3. The fourth-order valence-electron chi connectivity index (χ4n) is 8.15. The van der Waals surface area contributed by atoms with Crippen LogP contribution in [0, 0.1) is 17.7 Å². The number of anilines is 2. The molecule has 5 N–H and O–H groups in total. The van der Waals surface area contributed by atoms with Crippen molar-refractivity contribution < 1.29 is 9.53 Å². The third-order valence-corrected chi connectivity index (χ3v) is 11.3. The normalized spacial score (nSPS) is 18.6. The van der Waals surface area contributed by atoms with E-state index in [2.05, 4.69) is 58.6 Å². The maximum absolute atomic E-state index is 12.8. The van der Waals surface area contributed by atoms with Crippen molar-refractivity contribution in [2.24, 2.45) is 21.1 Å². The zero-order valence-electron chi connectivity index (χ0n) is 36.1. The molecule has 1 aromatic carbocycles. The molecular weight excluding hydrogens is 711 g/mol. The lowest BCUT2D eigenvalue weighted by molar-refractivity contribution is -0.124. The summed E-state index contributed by atoms with van der Waals surface area (Å²) in [4.78, 5) is 37.1. The maximum atomic E-state index is 12.8. The average molecular weight is 778 g/mol. The van der Waals surface area contributed by atoms with Crippen LogP contribution in [0.2, 0.25) is 0 Å². The lowest BCUT2D eigenvalue weighted by Crippen LogP contribution is -2.33. The SMILES string of the molecule is C/C=C1\C(=NC(C)C)C(c2c(C=N)c(N)cc(C)c2C2CC2)=Cc2nc(OCC(C)(CCCC)CCCCC)nc(N3CCCN=C(/C=C(\N)C(=O)N(C)C)C3)c21. The molecule has 5 rings (SSSR count). The second-order valence-corrected chi connectivity index (χ2v) is 16.9. The van der Waals surface area contributed by atoms with Crippen LogP contribution in [-0.2, 0) is 4.79 Å². The van der Waals surface area contributed by atoms with Crippen LogP contribution in [0.3, 0.4) is 0 Å². The zero-order valence-corrected chi connectivity index (χ0v) is 36.1. The van der Waals surface area contributed by atoms with E-state index in [1.54, 1.807) is 20.2 Å². The Morgan fingerprint density at radius 3 is 2.49 bits per heavy atom. The summed E-state index contributed by atoms with van der Waals surface area (Å²) < 4.78 is 6.74. The quantitative estimate of drug-likeness (QED) is 0.0627. The van der Waals surface area contributed by atoms with Crippen LogP contribution in [0.15, 0.2) is 33.9 Å². The number of likely N-dealkylation sites (N-methyl/N-ethyl adjacent to an activating group) is 1. The van der Waals surface area contributed by atoms with E-state index in [4.69, 9.17) is 41.6 Å². The smallest absolute Gasteiger partial charge is 0.318 e. The molecule has 1 unspecified atom stereocenters. The van der Waals surface area contributed by atoms with Gasteiger partial charge in [0.05, 0.1) is 41.5 Å². The number of carbonyl (C=O) groups is 1. The van der Waals surface area contributed by atoms with E-state index >= 15 is 0 Å². The standard InChI is InChI=1S/C46H67N9O2/c1-10-13-15-20-46(7,19-14-11-2)28-57-45-52-38-25-34(40-35(26-47)36(48)23-30(6)39(40)31-17-18-31)42(51-29(4)5)33(12-3)41(38)43(53-45)55-22-16-21-50-32(27-55)24-37(49)44(56)54(8)9/h12,23-26,29,31,47H,10-11,13-22,27-28,48-49H2,1-9H3/b33-12-,37-24-,47-26?,51-42?. The molecule has 2 aliphatic carbocycles. The van der Waals surface area contributed by atoms with Gasteiger partial charge in [0.15, 0.2) is 0 Å². The molecule has 11 heteroatoms. The predicted molar refractivity (Wildman–Crippen MR) is 239 cm³/mol. The van der Waals surface area contributed by atoms with Gasteiger partial charge in [-0.25, -0.2) is 0 Å². The molecule has 1 aliphatic heterocycles. The molecule has 0 radical (unpaired) electrons. The molecule has 1 aromatic heterocycles. The fourth-order valence-corrected chi connectivity index (χ4v) is 8.15. The number of aromatic nitrogens is 2. The van der Waals surface area contributed by atoms with Gasteiger partial charge >= 0.3 is 6.01 Å². The minimum atomic E-state index is -0.260. The maximum Gasteiger partial charge on any atom is 0.318 e. The number of amides is 1. The van der Waals surface area contributed by atoms with Gasteiger partial charge in [0.2, 0.25) is 0 Å². The first-order valence-electron chi connectivity index (χ1n) is 21.2. The van der Waals surface area contributed by atoms with Crippen LogP contribution >= 0.6 is 0 Å². The summed E-state index contributed by atoms with van der Waals surface area (Å²) in [6.07, 6.45) is 18.3. The van der Waals surface area contributed by atoms with E-state index in [1.807, 2.05) is 13.0 Å². The van der Waals surface area contributed by atoms with E-state index in [1.165, 1.54) is 29.5 Å². The van der Waals surface area contributed by atoms with Crippen molar-refractivity contribution in [3.05, 3.63) is 57.4 Å². The molecule has 57 heavy (non-hydrogen) atoms. The number of unbranched alkanes of at least 4 members (excludes halogenated alkanes) is 3. The Bertz CT molecular complexity index is 1970. The number of nitrogens with zero attached hydrogens (tertiary/aromatic N) is 6. The summed E-state index contributed by atoms with van der Waals surface area (Å²) in [5.74, 6) is 0.873. The highest BCUT2D eigenvalue weighted by atomic mass is 16.5. The van der Waals surface area contributed by atoms with Crippen molar-refractivity contribution >= 4 is 52.3 Å². The Balaban J connectivity index is 1.75. The number of carbonyl (C=O) groups excluding carboxylic acids is 1. The van der Waals surface area contributed by atoms with Gasteiger partial charge in [0.25, 0.3) is 5.91 Å². The Morgan fingerprint density at radius 1 is 1.14 bits per heavy atom. The second kappa shape index (κ2) is 19.1. The summed E-state index contributed by atoms with van der Waals surface area (Å²) in [5.41, 5.74) is 22.7. The van der Waals surface area contributed by atoms with Crippen molar-refractivity contribution in [3.8, 4) is 6.01 Å². The molecule has 0 saturated heterocycles. The van der Waals surface area contributed by atoms with Crippen molar-refractivity contribution in [2.75, 3.05) is 51.0 Å². The van der Waals surface area contributed by atoms with Crippen molar-refractivity contribution in [1.29, 1.82) is 5.41 Å². The molecule has 11 nitrogen and oxygen atoms in total. The van der Waals surface area contributed by atoms with Gasteiger partial charge in [-0.2, -0.15) is 9.97 Å². The highest BCUT2D eigenvalue weighted by Crippen LogP contribution is 2.50. The van der Waals surface area contributed by atoms with Gasteiger partial charge < -0.3 is 31.4 Å². The molecule has 1 atom stereocenters. The average Bonchev–Trinajstić information content (AvgIpc) is 4.03. The monoisotopic (exact) mass is 778 g/mol. The number of ether oxygens (including phenoxy) is 1. The molecule has 1 fully saturated rings. The summed E-state index contributed by atoms with van der Waals surface area (Å²) in [6, 6.07) is 2.32. The Kier molecular flexibility index (Phi) is 14.5. The molecular formula is C46H67N9O2. The third kappa shape index (κ3) is 10.2. The van der Waals surface area contributed by atoms with Crippen LogP contribution in [-0.4, -0.2) is 84.8 Å². The molecule has 1 amide bonds. The summed E-state index contributed by atoms with van der Waals surface area (Å²) in [7, 11) is 3.38. The summed E-state index contributed by atoms with van der Waals surface area (Å²) in [6.45, 7) is 17.4. The van der Waals surface area contributed by atoms with Gasteiger partial charge in [0.1, 0.15) is 5.82 Å². The third-order valence-electron chi connectivity index (χ3n) is 11.3. The van der Waals surface area contributed by atoms with E-state index < -0.39 is 0 Å². The van der Waals surface area contributed by atoms with Gasteiger partial charge in [-0.3, -0.25) is 14.8 Å². The van der Waals surface area contributed by atoms with Crippen molar-refractivity contribution in [3.63, 3.8) is 0 Å². The minimum Gasteiger partial charge on any atom is -0.463 e. The summed E-state index contributed by atoms with van der Waals surface area (Å²) >= 11 is 0. The highest BCUT2D eigenvalue weighted by Gasteiger charge is 2.37. The first kappa shape index (κ1) is 43.3. The van der Waals surface area contributed by atoms with E-state index in [0.717, 1.165) is 96.4 Å². The number of nitrogens with one attached hydrogen (secondary N) is 1. The van der Waals surface area contributed by atoms with Gasteiger partial charge in [-0.1, -0.05) is 59.0 Å². The minimum absolute atomic E-state index is 0.0158. The van der Waals surface area contributed by atoms with Crippen molar-refractivity contribution in [2.45, 2.75) is 125 Å². The molecule has 1 saturated carbocycles. The van der Waals surface area contributed by atoms with Crippen LogP contribution in [0.25, 0.3) is 17.2 Å². The second-order valence-electron chi connectivity index (χ2n) is 16.9. The number of aliphatic imine (C=N–C) groups is 2. The Hall–Kier alpha value is -4.80. The fraction of sp³-hybridized carbons (Fsp3) is 0.565. The van der Waals surface area contributed by atoms with E-state index in [0.29, 0.717) is 55.1 Å². The number of aryl methyl sites for hydroxylation is 1. The topological polar surface area (TPSA) is 159 Å². The lowest BCUT2D eigenvalue weighted by Gasteiger charge is -2.32. The lowest BCUT2D eigenvalue weighted by atomic mass is 9.79. The molecule has 0 bridgehead atoms. The number of hydrogen-bond acceptors (Lipinski definition) is 10. The molecule has 308 valence electrons. The van der Waals surface area contributed by atoms with Crippen LogP contribution < -0.4 is 21.1 Å². The first-order chi connectivity index (χ1) is 27.2. The van der Waals surface area contributed by atoms with Crippen molar-refractivity contribution in [1.82, 2.24) is 14.9 Å². The Labute approximate surface area is 341 Å². The van der Waals surface area contributed by atoms with Gasteiger partial charge in [-0.15, -0.1) is 0 Å². The largest absolute Gasteiger partial charge is 0.463 e. The molecule has 2 aromatic rings. The van der Waals surface area contributed by atoms with E-state index in [9.17, 15) is 4.79 Å². The first-order valence-corrected chi connectivity index (χ1v) is 21.2. The Morgan fingerprint density at radius 2 is 1.86 bits per heavy atom. The number of benzene rings is 1. The molecule has 2 heterocycles. The number of nitrogens with two attached hydrogens (primary N) is 2. The highest BCUT2D eigenvalue weighted by molar-refractivity contribution is 6.50. The number of hydrogen-bond donors (Lipinski definition) is 3. The van der Waals surface area contributed by atoms with Gasteiger partial charge in [0, 0.05) is 67.3 Å². The van der Waals surface area contributed by atoms with E-state index in [-0.39, 0.29) is 23.1 Å². The van der Waals surface area contributed by atoms with Gasteiger partial charge in [-0.05, 0) is 101 Å². The predicted octanol–water partition coefficient (Wildman–Crippen LogP) is 8.79. The number of rotatable bonds is 17.